The number of aryl methyl sites for hydroxylation is 1. The lowest BCUT2D eigenvalue weighted by molar-refractivity contribution is -0.138. The van der Waals surface area contributed by atoms with Gasteiger partial charge in [0, 0.05) is 18.5 Å². The fourth-order valence-corrected chi connectivity index (χ4v) is 7.78. The summed E-state index contributed by atoms with van der Waals surface area (Å²) in [5, 5.41) is 19.5. The number of thioether (sulfide) groups is 1. The van der Waals surface area contributed by atoms with Gasteiger partial charge in [0.2, 0.25) is 0 Å². The molecule has 0 bridgehead atoms. The van der Waals surface area contributed by atoms with E-state index in [9.17, 15) is 42.4 Å². The first-order chi connectivity index (χ1) is 20.5. The Labute approximate surface area is 264 Å². The number of anilines is 1. The maximum absolute atomic E-state index is 13.6. The van der Waals surface area contributed by atoms with Crippen LogP contribution in [0, 0.1) is 6.92 Å². The van der Waals surface area contributed by atoms with Crippen LogP contribution < -0.4 is 24.4 Å². The molecule has 0 atom stereocenters. The number of carbonyl (C=O) groups is 3. The van der Waals surface area contributed by atoms with Gasteiger partial charge in [0.1, 0.15) is 29.2 Å². The third-order valence-electron chi connectivity index (χ3n) is 6.70. The van der Waals surface area contributed by atoms with Crippen LogP contribution in [0.2, 0.25) is 0 Å². The summed E-state index contributed by atoms with van der Waals surface area (Å²) in [7, 11) is -1.31. The summed E-state index contributed by atoms with van der Waals surface area (Å²) >= 11 is 7.43. The highest BCUT2D eigenvalue weighted by Crippen LogP contribution is 2.48. The van der Waals surface area contributed by atoms with Crippen LogP contribution in [0.3, 0.4) is 0 Å². The Balaban J connectivity index is 1.93. The maximum Gasteiger partial charge on any atom is 0.323 e. The third-order valence-corrected chi connectivity index (χ3v) is 10.4. The standard InChI is InChI=1S/C26H28N4O10S4/c1-13-8-15-17(10-16(13)40-4)42-18(28(15)6-5-7-44(37,38)39)9-14(2)22-24(36)30(12-20(33)34)25(43-22)21-23(35)27(3)26(41)29(21)11-19(31)32/h8-10H,5-7,11-12H2,1-4H3,(H,31,32)(H,33,34)(H,37,38,39)/b18-9?,22-14?,25-21+. The number of methoxy groups -OCH3 is 1. The molecule has 3 N–H and O–H groups in total. The van der Waals surface area contributed by atoms with Gasteiger partial charge in [-0.05, 0) is 61.8 Å². The van der Waals surface area contributed by atoms with Gasteiger partial charge in [-0.3, -0.25) is 38.1 Å². The van der Waals surface area contributed by atoms with E-state index in [1.165, 1.54) is 18.8 Å². The second kappa shape index (κ2) is 12.7. The Bertz CT molecular complexity index is 1910. The second-order valence-corrected chi connectivity index (χ2v) is 13.8. The van der Waals surface area contributed by atoms with Crippen molar-refractivity contribution in [1.29, 1.82) is 0 Å². The molecule has 236 valence electrons. The summed E-state index contributed by atoms with van der Waals surface area (Å²) in [6, 6.07) is 3.72. The van der Waals surface area contributed by atoms with E-state index < -0.39 is 52.4 Å². The molecule has 18 heteroatoms. The van der Waals surface area contributed by atoms with Crippen molar-refractivity contribution in [1.82, 2.24) is 14.4 Å². The number of aliphatic carboxylic acids is 2. The van der Waals surface area contributed by atoms with Gasteiger partial charge in [-0.1, -0.05) is 11.8 Å². The lowest BCUT2D eigenvalue weighted by Crippen LogP contribution is -2.38. The van der Waals surface area contributed by atoms with Gasteiger partial charge in [0.25, 0.3) is 21.6 Å². The van der Waals surface area contributed by atoms with Crippen LogP contribution in [0.1, 0.15) is 18.9 Å². The zero-order chi connectivity index (χ0) is 32.7. The van der Waals surface area contributed by atoms with Crippen molar-refractivity contribution in [2.24, 2.45) is 0 Å². The number of allylic oxidation sites excluding steroid dienone is 1. The zero-order valence-corrected chi connectivity index (χ0v) is 27.2. The first-order valence-corrected chi connectivity index (χ1v) is 16.5. The van der Waals surface area contributed by atoms with E-state index in [0.717, 1.165) is 41.9 Å². The number of thiocarbonyl (C=S) groups is 1. The van der Waals surface area contributed by atoms with E-state index in [-0.39, 0.29) is 33.0 Å². The summed E-state index contributed by atoms with van der Waals surface area (Å²) in [5.41, 5.74) is 1.10. The van der Waals surface area contributed by atoms with Gasteiger partial charge < -0.3 is 19.8 Å². The average Bonchev–Trinajstić information content (AvgIpc) is 3.48. The fourth-order valence-electron chi connectivity index (χ4n) is 4.69. The minimum absolute atomic E-state index is 0.0594. The average molecular weight is 685 g/mol. The maximum atomic E-state index is 13.6. The van der Waals surface area contributed by atoms with E-state index in [4.69, 9.17) is 17.0 Å². The summed E-state index contributed by atoms with van der Waals surface area (Å²) < 4.78 is 38.4. The number of aromatic nitrogens is 1. The highest BCUT2D eigenvalue weighted by Gasteiger charge is 2.39. The molecule has 3 heterocycles. The molecule has 1 fully saturated rings. The number of fused-ring (bicyclic) bond motifs is 1. The van der Waals surface area contributed by atoms with Crippen molar-refractivity contribution in [2.45, 2.75) is 31.7 Å². The number of amides is 1. The molecule has 1 aromatic heterocycles. The van der Waals surface area contributed by atoms with E-state index in [1.54, 1.807) is 20.1 Å². The summed E-state index contributed by atoms with van der Waals surface area (Å²) in [6.07, 6.45) is 1.79. The number of nitrogens with zero attached hydrogens (tertiary/aromatic N) is 4. The molecule has 2 aliphatic heterocycles. The van der Waals surface area contributed by atoms with Gasteiger partial charge >= 0.3 is 11.9 Å². The van der Waals surface area contributed by atoms with E-state index in [2.05, 4.69) is 0 Å². The number of benzene rings is 1. The first kappa shape index (κ1) is 33.2. The number of hydrogen-bond donors (Lipinski definition) is 3. The fraction of sp³-hybridized carbons (Fsp3) is 0.346. The highest BCUT2D eigenvalue weighted by atomic mass is 32.2. The highest BCUT2D eigenvalue weighted by molar-refractivity contribution is 8.03. The number of hydrogen-bond acceptors (Lipinski definition) is 11. The molecule has 0 unspecified atom stereocenters. The van der Waals surface area contributed by atoms with Crippen LogP contribution in [0.15, 0.2) is 32.9 Å². The Morgan fingerprint density at radius 1 is 1.11 bits per heavy atom. The Morgan fingerprint density at radius 3 is 2.36 bits per heavy atom. The lowest BCUT2D eigenvalue weighted by Gasteiger charge is -2.21. The number of likely N-dealkylation sites (N-methyl/N-ethyl adjacent to an activating group) is 1. The molecule has 2 aromatic rings. The van der Waals surface area contributed by atoms with Crippen LogP contribution >= 0.6 is 35.3 Å². The van der Waals surface area contributed by atoms with Crippen molar-refractivity contribution in [3.63, 3.8) is 0 Å². The van der Waals surface area contributed by atoms with Crippen LogP contribution in [0.4, 0.5) is 5.69 Å². The van der Waals surface area contributed by atoms with Crippen molar-refractivity contribution in [3.05, 3.63) is 48.4 Å². The molecule has 0 saturated carbocycles. The van der Waals surface area contributed by atoms with Crippen molar-refractivity contribution in [3.8, 4) is 5.75 Å². The molecule has 2 aliphatic rings. The summed E-state index contributed by atoms with van der Waals surface area (Å²) in [4.78, 5) is 54.8. The normalized spacial score (nSPS) is 17.9. The number of carboxylic acids is 2. The van der Waals surface area contributed by atoms with Crippen molar-refractivity contribution < 1.29 is 42.3 Å². The van der Waals surface area contributed by atoms with Crippen LogP contribution in [0.5, 0.6) is 5.75 Å². The Kier molecular flexibility index (Phi) is 9.60. The van der Waals surface area contributed by atoms with Crippen LogP contribution in [-0.4, -0.2) is 93.5 Å². The van der Waals surface area contributed by atoms with E-state index in [1.807, 2.05) is 24.0 Å². The topological polar surface area (TPSA) is 187 Å². The van der Waals surface area contributed by atoms with Crippen molar-refractivity contribution >= 4 is 85.4 Å². The van der Waals surface area contributed by atoms with Gasteiger partial charge in [-0.25, -0.2) is 0 Å². The number of carbonyl (C=O) groups excluding carboxylic acids is 1. The Hall–Kier alpha value is -3.71. The zero-order valence-electron chi connectivity index (χ0n) is 23.9. The largest absolute Gasteiger partial charge is 0.496 e. The lowest BCUT2D eigenvalue weighted by atomic mass is 10.2. The molecular formula is C26H28N4O10S4. The summed E-state index contributed by atoms with van der Waals surface area (Å²) in [5.74, 6) is -3.14. The van der Waals surface area contributed by atoms with E-state index >= 15 is 0 Å². The minimum Gasteiger partial charge on any atom is -0.496 e. The molecule has 0 radical (unpaired) electrons. The molecule has 1 aromatic carbocycles. The number of thiazole rings is 1. The second-order valence-electron chi connectivity index (χ2n) is 9.85. The quantitative estimate of drug-likeness (QED) is 0.232. The molecule has 1 saturated heterocycles. The van der Waals surface area contributed by atoms with Crippen LogP contribution in [0.25, 0.3) is 11.3 Å². The molecule has 1 amide bonds. The summed E-state index contributed by atoms with van der Waals surface area (Å²) in [6.45, 7) is 2.24. The Morgan fingerprint density at radius 2 is 1.77 bits per heavy atom. The molecule has 14 nitrogen and oxygen atoms in total. The molecule has 44 heavy (non-hydrogen) atoms. The predicted octanol–water partition coefficient (Wildman–Crippen LogP) is 0.465. The number of carboxylic acid groups (broad SMARTS) is 2. The predicted molar refractivity (Wildman–Crippen MR) is 168 cm³/mol. The van der Waals surface area contributed by atoms with Gasteiger partial charge in [0.15, 0.2) is 5.11 Å². The third kappa shape index (κ3) is 6.68. The monoisotopic (exact) mass is 684 g/mol. The van der Waals surface area contributed by atoms with Gasteiger partial charge in [-0.15, -0.1) is 11.3 Å². The molecule has 4 rings (SSSR count). The van der Waals surface area contributed by atoms with Crippen molar-refractivity contribution in [2.75, 3.05) is 37.9 Å². The molecule has 0 spiro atoms. The SMILES string of the molecule is COc1cc2c(cc1C)N(CCCS(=O)(=O)O)C(=CC(C)=c1s/c(=C3\C(=O)N(C)C(=S)N3CC(=O)O)n(CC(=O)O)c1=O)S2. The van der Waals surface area contributed by atoms with Crippen LogP contribution in [-0.2, 0) is 31.0 Å². The number of rotatable bonds is 10. The van der Waals surface area contributed by atoms with Gasteiger partial charge in [0.05, 0.1) is 28.1 Å². The first-order valence-electron chi connectivity index (χ1n) is 12.8. The smallest absolute Gasteiger partial charge is 0.323 e. The minimum atomic E-state index is -4.20. The molecule has 0 aliphatic carbocycles. The molecular weight excluding hydrogens is 657 g/mol. The van der Waals surface area contributed by atoms with E-state index in [0.29, 0.717) is 16.4 Å². The van der Waals surface area contributed by atoms with Gasteiger partial charge in [-0.2, -0.15) is 8.42 Å². The number of ether oxygens (including phenoxy) is 1.